The Balaban J connectivity index is 1.55. The van der Waals surface area contributed by atoms with Crippen molar-refractivity contribution in [3.8, 4) is 22.9 Å². The maximum absolute atomic E-state index is 13.7. The number of hydrogen-bond donors (Lipinski definition) is 1. The number of pyridine rings is 1. The van der Waals surface area contributed by atoms with Crippen molar-refractivity contribution in [1.82, 2.24) is 19.4 Å². The average Bonchev–Trinajstić information content (AvgIpc) is 3.33. The van der Waals surface area contributed by atoms with Crippen LogP contribution in [0.15, 0.2) is 58.1 Å². The molecule has 0 saturated heterocycles. The van der Waals surface area contributed by atoms with Gasteiger partial charge in [-0.05, 0) is 55.3 Å². The van der Waals surface area contributed by atoms with Crippen molar-refractivity contribution in [1.29, 1.82) is 0 Å². The Bertz CT molecular complexity index is 1620. The molecule has 0 saturated carbocycles. The quantitative estimate of drug-likeness (QED) is 0.443. The molecule has 10 nitrogen and oxygen atoms in total. The summed E-state index contributed by atoms with van der Waals surface area (Å²) in [5.74, 6) is 1.18. The van der Waals surface area contributed by atoms with Gasteiger partial charge in [-0.3, -0.25) is 9.59 Å². The van der Waals surface area contributed by atoms with E-state index >= 15 is 0 Å². The number of carbonyl (C=O) groups is 1. The summed E-state index contributed by atoms with van der Waals surface area (Å²) >= 11 is 0. The Morgan fingerprint density at radius 1 is 1.08 bits per heavy atom. The van der Waals surface area contributed by atoms with Crippen molar-refractivity contribution in [3.05, 3.63) is 86.2 Å². The lowest BCUT2D eigenvalue weighted by molar-refractivity contribution is -0.121. The zero-order chi connectivity index (χ0) is 25.4. The molecule has 1 aliphatic heterocycles. The number of para-hydroxylation sites is 2. The zero-order valence-corrected chi connectivity index (χ0v) is 20.0. The fourth-order valence-electron chi connectivity index (χ4n) is 4.30. The van der Waals surface area contributed by atoms with E-state index in [2.05, 4.69) is 10.3 Å². The first-order valence-corrected chi connectivity index (χ1v) is 11.3. The highest BCUT2D eigenvalue weighted by Gasteiger charge is 2.21. The van der Waals surface area contributed by atoms with Gasteiger partial charge in [0.15, 0.2) is 17.1 Å². The topological polar surface area (TPSA) is 114 Å². The number of nitrogens with zero attached hydrogens (tertiary/aromatic N) is 3. The van der Waals surface area contributed by atoms with Crippen LogP contribution in [0.2, 0.25) is 0 Å². The Morgan fingerprint density at radius 3 is 2.67 bits per heavy atom. The molecule has 3 heterocycles. The van der Waals surface area contributed by atoms with Crippen LogP contribution in [0.3, 0.4) is 0 Å². The number of nitrogens with one attached hydrogen (secondary N) is 1. The first-order valence-electron chi connectivity index (χ1n) is 11.3. The van der Waals surface area contributed by atoms with Crippen molar-refractivity contribution in [3.63, 3.8) is 0 Å². The lowest BCUT2D eigenvalue weighted by Crippen LogP contribution is -2.44. The number of rotatable bonds is 6. The van der Waals surface area contributed by atoms with E-state index in [4.69, 9.17) is 14.2 Å². The van der Waals surface area contributed by atoms with Gasteiger partial charge in [0.05, 0.1) is 18.2 Å². The van der Waals surface area contributed by atoms with Crippen LogP contribution in [-0.4, -0.2) is 33.9 Å². The molecule has 2 aromatic heterocycles. The Kier molecular flexibility index (Phi) is 5.93. The predicted molar refractivity (Wildman–Crippen MR) is 132 cm³/mol. The summed E-state index contributed by atoms with van der Waals surface area (Å²) in [5, 5.41) is 3.02. The number of aryl methyl sites for hydroxylation is 2. The summed E-state index contributed by atoms with van der Waals surface area (Å²) in [4.78, 5) is 44.4. The second kappa shape index (κ2) is 9.21. The largest absolute Gasteiger partial charge is 0.495 e. The van der Waals surface area contributed by atoms with Crippen LogP contribution in [0.1, 0.15) is 16.8 Å². The first kappa shape index (κ1) is 23.2. The summed E-state index contributed by atoms with van der Waals surface area (Å²) in [7, 11) is 1.50. The van der Waals surface area contributed by atoms with Gasteiger partial charge in [0, 0.05) is 12.2 Å². The van der Waals surface area contributed by atoms with E-state index in [1.165, 1.54) is 11.7 Å². The molecule has 0 atom stereocenters. The molecule has 2 aromatic carbocycles. The molecule has 0 fully saturated rings. The van der Waals surface area contributed by atoms with E-state index in [1.54, 1.807) is 56.3 Å². The molecule has 1 N–H and O–H groups in total. The second-order valence-corrected chi connectivity index (χ2v) is 8.42. The maximum atomic E-state index is 13.7. The first-order chi connectivity index (χ1) is 17.4. The lowest BCUT2D eigenvalue weighted by atomic mass is 10.1. The average molecular weight is 489 g/mol. The highest BCUT2D eigenvalue weighted by molar-refractivity contribution is 5.81. The van der Waals surface area contributed by atoms with Gasteiger partial charge >= 0.3 is 5.69 Å². The molecule has 184 valence electrons. The summed E-state index contributed by atoms with van der Waals surface area (Å²) in [6.45, 7) is 3.46. The number of aromatic nitrogens is 3. The van der Waals surface area contributed by atoms with Crippen molar-refractivity contribution in [2.45, 2.75) is 26.9 Å². The highest BCUT2D eigenvalue weighted by Crippen LogP contribution is 2.32. The molecule has 0 aliphatic carbocycles. The molecule has 10 heteroatoms. The smallest absolute Gasteiger partial charge is 0.337 e. The van der Waals surface area contributed by atoms with Crippen molar-refractivity contribution < 1.29 is 19.0 Å². The number of hydrogen-bond acceptors (Lipinski definition) is 7. The number of methoxy groups -OCH3 is 1. The van der Waals surface area contributed by atoms with Crippen LogP contribution < -0.4 is 30.8 Å². The van der Waals surface area contributed by atoms with Gasteiger partial charge in [-0.1, -0.05) is 18.2 Å². The van der Waals surface area contributed by atoms with E-state index in [0.29, 0.717) is 34.2 Å². The van der Waals surface area contributed by atoms with Gasteiger partial charge in [-0.25, -0.2) is 18.9 Å². The Hall–Kier alpha value is -4.60. The van der Waals surface area contributed by atoms with E-state index in [0.717, 1.165) is 10.1 Å². The molecule has 36 heavy (non-hydrogen) atoms. The van der Waals surface area contributed by atoms with Crippen molar-refractivity contribution in [2.24, 2.45) is 0 Å². The molecular weight excluding hydrogens is 464 g/mol. The number of ether oxygens (including phenoxy) is 3. The minimum absolute atomic E-state index is 0.155. The molecule has 0 radical (unpaired) electrons. The number of benzene rings is 2. The molecule has 5 rings (SSSR count). The van der Waals surface area contributed by atoms with E-state index in [9.17, 15) is 14.4 Å². The number of fused-ring (bicyclic) bond motifs is 2. The molecule has 0 spiro atoms. The molecule has 1 aliphatic rings. The van der Waals surface area contributed by atoms with Crippen LogP contribution in [0.5, 0.6) is 17.2 Å². The SMILES string of the molecule is COc1ccccc1-n1c(=O)n(CC(=O)NCc2ccc3c(c2)OCO3)c(=O)c2c(C)cc(C)nc21. The monoisotopic (exact) mass is 488 g/mol. The van der Waals surface area contributed by atoms with Gasteiger partial charge in [-0.15, -0.1) is 0 Å². The molecule has 1 amide bonds. The predicted octanol–water partition coefficient (Wildman–Crippen LogP) is 2.22. The van der Waals surface area contributed by atoms with Crippen molar-refractivity contribution >= 4 is 16.9 Å². The number of amides is 1. The zero-order valence-electron chi connectivity index (χ0n) is 20.0. The van der Waals surface area contributed by atoms with Gasteiger partial charge in [0.2, 0.25) is 12.7 Å². The van der Waals surface area contributed by atoms with Gasteiger partial charge in [-0.2, -0.15) is 0 Å². The van der Waals surface area contributed by atoms with Gasteiger partial charge in [0.25, 0.3) is 5.56 Å². The van der Waals surface area contributed by atoms with Gasteiger partial charge in [0.1, 0.15) is 12.3 Å². The summed E-state index contributed by atoms with van der Waals surface area (Å²) in [5.41, 5.74) is 1.46. The Morgan fingerprint density at radius 2 is 1.86 bits per heavy atom. The molecule has 4 aromatic rings. The normalized spacial score (nSPS) is 12.1. The maximum Gasteiger partial charge on any atom is 0.337 e. The van der Waals surface area contributed by atoms with Crippen LogP contribution in [0.4, 0.5) is 0 Å². The van der Waals surface area contributed by atoms with Crippen LogP contribution in [0, 0.1) is 13.8 Å². The summed E-state index contributed by atoms with van der Waals surface area (Å²) in [6.07, 6.45) is 0. The third-order valence-electron chi connectivity index (χ3n) is 5.97. The molecular formula is C26H24N4O6. The Labute approximate surface area is 205 Å². The number of carbonyl (C=O) groups excluding carboxylic acids is 1. The van der Waals surface area contributed by atoms with E-state index < -0.39 is 23.7 Å². The fourth-order valence-corrected chi connectivity index (χ4v) is 4.30. The summed E-state index contributed by atoms with van der Waals surface area (Å²) in [6, 6.07) is 14.1. The summed E-state index contributed by atoms with van der Waals surface area (Å²) < 4.78 is 18.4. The standard InChI is InChI=1S/C26H24N4O6/c1-15-10-16(2)28-24-23(15)25(32)29(26(33)30(24)18-6-4-5-7-19(18)34-3)13-22(31)27-12-17-8-9-20-21(11-17)36-14-35-20/h4-11H,12-14H2,1-3H3,(H,27,31). The molecule has 0 bridgehead atoms. The minimum atomic E-state index is -0.687. The van der Waals surface area contributed by atoms with Crippen LogP contribution in [0.25, 0.3) is 16.7 Å². The lowest BCUT2D eigenvalue weighted by Gasteiger charge is -2.17. The highest BCUT2D eigenvalue weighted by atomic mass is 16.7. The van der Waals surface area contributed by atoms with E-state index in [-0.39, 0.29) is 24.4 Å². The van der Waals surface area contributed by atoms with E-state index in [1.807, 2.05) is 6.07 Å². The second-order valence-electron chi connectivity index (χ2n) is 8.42. The minimum Gasteiger partial charge on any atom is -0.495 e. The van der Waals surface area contributed by atoms with Gasteiger partial charge < -0.3 is 19.5 Å². The van der Waals surface area contributed by atoms with Crippen LogP contribution in [-0.2, 0) is 17.9 Å². The third kappa shape index (κ3) is 4.06. The molecule has 0 unspecified atom stereocenters. The third-order valence-corrected chi connectivity index (χ3v) is 5.97. The fraction of sp³-hybridized carbons (Fsp3) is 0.231. The van der Waals surface area contributed by atoms with Crippen molar-refractivity contribution in [2.75, 3.05) is 13.9 Å². The van der Waals surface area contributed by atoms with Crippen LogP contribution >= 0.6 is 0 Å².